The van der Waals surface area contributed by atoms with Crippen LogP contribution < -0.4 is 0 Å². The van der Waals surface area contributed by atoms with Crippen LogP contribution in [0.25, 0.3) is 0 Å². The highest BCUT2D eigenvalue weighted by Gasteiger charge is 2.49. The second kappa shape index (κ2) is 9.17. The minimum atomic E-state index is -0.257. The molecule has 0 amide bonds. The zero-order chi connectivity index (χ0) is 16.7. The third kappa shape index (κ3) is 5.29. The zero-order valence-electron chi connectivity index (χ0n) is 15.4. The summed E-state index contributed by atoms with van der Waals surface area (Å²) in [7, 11) is 0. The van der Waals surface area contributed by atoms with Gasteiger partial charge in [-0.25, -0.2) is 9.78 Å². The van der Waals surface area contributed by atoms with Crippen molar-refractivity contribution in [3.63, 3.8) is 0 Å². The lowest BCUT2D eigenvalue weighted by Gasteiger charge is -2.47. The molecule has 3 heteroatoms. The predicted octanol–water partition coefficient (Wildman–Crippen LogP) is 5.61. The summed E-state index contributed by atoms with van der Waals surface area (Å²) < 4.78 is 0. The van der Waals surface area contributed by atoms with Crippen molar-refractivity contribution in [3.8, 4) is 0 Å². The summed E-state index contributed by atoms with van der Waals surface area (Å²) in [6.45, 7) is 6.37. The third-order valence-corrected chi connectivity index (χ3v) is 6.03. The topological polar surface area (TPSA) is 35.5 Å². The largest absolute Gasteiger partial charge is 0.299 e. The van der Waals surface area contributed by atoms with Crippen LogP contribution in [0, 0.1) is 11.8 Å². The molecular weight excluding hydrogens is 288 g/mol. The van der Waals surface area contributed by atoms with Gasteiger partial charge in [-0.2, -0.15) is 0 Å². The molecule has 0 unspecified atom stereocenters. The van der Waals surface area contributed by atoms with Crippen LogP contribution in [0.5, 0.6) is 0 Å². The van der Waals surface area contributed by atoms with E-state index in [1.54, 1.807) is 0 Å². The number of carbonyl (C=O) groups is 1. The first-order valence-corrected chi connectivity index (χ1v) is 9.94. The Morgan fingerprint density at radius 1 is 1.04 bits per heavy atom. The van der Waals surface area contributed by atoms with Crippen LogP contribution in [0.4, 0.5) is 0 Å². The number of fused-ring (bicyclic) bond motifs is 2. The van der Waals surface area contributed by atoms with E-state index < -0.39 is 0 Å². The molecule has 0 N–H and O–H groups in total. The van der Waals surface area contributed by atoms with E-state index in [1.807, 2.05) is 6.92 Å². The highest BCUT2D eigenvalue weighted by atomic mass is 17.2. The molecule has 1 aliphatic carbocycles. The molecule has 0 radical (unpaired) electrons. The van der Waals surface area contributed by atoms with Gasteiger partial charge >= 0.3 is 0 Å². The minimum absolute atomic E-state index is 0.00325. The van der Waals surface area contributed by atoms with Gasteiger partial charge in [0.15, 0.2) is 0 Å². The maximum absolute atomic E-state index is 12.1. The Balaban J connectivity index is 1.61. The second-order valence-corrected chi connectivity index (χ2v) is 8.00. The summed E-state index contributed by atoms with van der Waals surface area (Å²) in [6, 6.07) is 0. The molecule has 23 heavy (non-hydrogen) atoms. The van der Waals surface area contributed by atoms with E-state index in [2.05, 4.69) is 13.8 Å². The van der Waals surface area contributed by atoms with Gasteiger partial charge in [-0.05, 0) is 19.8 Å². The fourth-order valence-corrected chi connectivity index (χ4v) is 4.06. The number of unbranched alkanes of at least 4 members (excludes halogenated alkanes) is 8. The van der Waals surface area contributed by atoms with Gasteiger partial charge < -0.3 is 0 Å². The van der Waals surface area contributed by atoms with Gasteiger partial charge in [-0.3, -0.25) is 4.79 Å². The number of carbonyl (C=O) groups excluding carboxylic acids is 1. The smallest absolute Gasteiger partial charge is 0.138 e. The van der Waals surface area contributed by atoms with Gasteiger partial charge in [0.1, 0.15) is 17.5 Å². The summed E-state index contributed by atoms with van der Waals surface area (Å²) in [5.74, 6) is 0.704. The normalized spacial score (nSPS) is 33.9. The van der Waals surface area contributed by atoms with Gasteiger partial charge in [0.25, 0.3) is 0 Å². The molecule has 2 fully saturated rings. The summed E-state index contributed by atoms with van der Waals surface area (Å²) in [4.78, 5) is 23.4. The van der Waals surface area contributed by atoms with Crippen molar-refractivity contribution in [1.29, 1.82) is 0 Å². The van der Waals surface area contributed by atoms with Gasteiger partial charge in [-0.1, -0.05) is 71.6 Å². The van der Waals surface area contributed by atoms with E-state index in [0.29, 0.717) is 18.1 Å². The van der Waals surface area contributed by atoms with Crippen molar-refractivity contribution in [2.75, 3.05) is 0 Å². The fourth-order valence-electron chi connectivity index (χ4n) is 4.06. The Morgan fingerprint density at radius 3 is 2.30 bits per heavy atom. The summed E-state index contributed by atoms with van der Waals surface area (Å²) >= 11 is 0. The Labute approximate surface area is 142 Å². The van der Waals surface area contributed by atoms with Crippen LogP contribution in [0.1, 0.15) is 97.8 Å². The molecule has 0 aromatic rings. The minimum Gasteiger partial charge on any atom is -0.299 e. The summed E-state index contributed by atoms with van der Waals surface area (Å²) in [6.07, 6.45) is 14.7. The van der Waals surface area contributed by atoms with Crippen LogP contribution in [-0.4, -0.2) is 17.5 Å². The van der Waals surface area contributed by atoms with E-state index in [1.165, 1.54) is 57.8 Å². The number of Topliss-reactive ketones (excluding diaryl/α,β-unsaturated/α-hetero) is 1. The monoisotopic (exact) mass is 324 g/mol. The second-order valence-electron chi connectivity index (χ2n) is 8.00. The van der Waals surface area contributed by atoms with Crippen molar-refractivity contribution in [3.05, 3.63) is 0 Å². The Kier molecular flexibility index (Phi) is 7.55. The average Bonchev–Trinajstić information content (AvgIpc) is 2.54. The Morgan fingerprint density at radius 2 is 1.65 bits per heavy atom. The number of ketones is 1. The van der Waals surface area contributed by atoms with E-state index >= 15 is 0 Å². The van der Waals surface area contributed by atoms with Crippen LogP contribution in [-0.2, 0) is 14.6 Å². The van der Waals surface area contributed by atoms with Crippen molar-refractivity contribution in [2.45, 2.75) is 110 Å². The van der Waals surface area contributed by atoms with Crippen LogP contribution in [0.15, 0.2) is 0 Å². The van der Waals surface area contributed by atoms with Crippen LogP contribution >= 0.6 is 0 Å². The standard InChI is InChI=1S/C20H36O3/c1-4-5-6-7-8-9-10-11-12-13-20(3)17-14-18(21)16(2)19(15-17)22-23-20/h16-17,19H,4-15H2,1-3H3/t16-,17+,19+,20+/m0/s1. The van der Waals surface area contributed by atoms with Gasteiger partial charge in [0, 0.05) is 18.3 Å². The van der Waals surface area contributed by atoms with Gasteiger partial charge in [0.05, 0.1) is 0 Å². The molecular formula is C20H36O3. The molecule has 1 saturated carbocycles. The highest BCUT2D eigenvalue weighted by molar-refractivity contribution is 5.82. The van der Waals surface area contributed by atoms with Crippen molar-refractivity contribution >= 4 is 5.78 Å². The molecule has 2 aliphatic rings. The lowest BCUT2D eigenvalue weighted by Crippen LogP contribution is -2.52. The molecule has 134 valence electrons. The summed E-state index contributed by atoms with van der Waals surface area (Å²) in [5.41, 5.74) is -0.257. The third-order valence-electron chi connectivity index (χ3n) is 6.03. The first kappa shape index (κ1) is 18.9. The molecule has 2 rings (SSSR count). The van der Waals surface area contributed by atoms with E-state index in [9.17, 15) is 4.79 Å². The highest BCUT2D eigenvalue weighted by Crippen LogP contribution is 2.44. The van der Waals surface area contributed by atoms with E-state index in [4.69, 9.17) is 9.78 Å². The fraction of sp³-hybridized carbons (Fsp3) is 0.950. The molecule has 2 bridgehead atoms. The van der Waals surface area contributed by atoms with Crippen LogP contribution in [0.2, 0.25) is 0 Å². The molecule has 0 spiro atoms. The van der Waals surface area contributed by atoms with E-state index in [0.717, 1.165) is 12.8 Å². The van der Waals surface area contributed by atoms with E-state index in [-0.39, 0.29) is 17.6 Å². The number of rotatable bonds is 10. The first-order chi connectivity index (χ1) is 11.1. The van der Waals surface area contributed by atoms with Crippen molar-refractivity contribution in [2.24, 2.45) is 11.8 Å². The number of hydrogen-bond acceptors (Lipinski definition) is 3. The maximum atomic E-state index is 12.1. The van der Waals surface area contributed by atoms with Crippen LogP contribution in [0.3, 0.4) is 0 Å². The average molecular weight is 325 g/mol. The predicted molar refractivity (Wildman–Crippen MR) is 93.1 cm³/mol. The molecule has 1 saturated heterocycles. The van der Waals surface area contributed by atoms with Gasteiger partial charge in [0.2, 0.25) is 0 Å². The molecule has 0 aromatic heterocycles. The lowest BCUT2D eigenvalue weighted by atomic mass is 9.70. The summed E-state index contributed by atoms with van der Waals surface area (Å²) in [5, 5.41) is 0. The SMILES string of the molecule is CCCCCCCCCCC[C@@]1(C)OO[C@@H]2C[C@H]1CC(=O)[C@@H]2C. The molecule has 0 aromatic carbocycles. The number of hydrogen-bond donors (Lipinski definition) is 0. The Hall–Kier alpha value is -0.410. The van der Waals surface area contributed by atoms with Crippen molar-refractivity contribution < 1.29 is 14.6 Å². The lowest BCUT2D eigenvalue weighted by molar-refractivity contribution is -0.429. The zero-order valence-corrected chi connectivity index (χ0v) is 15.4. The first-order valence-electron chi connectivity index (χ1n) is 9.94. The van der Waals surface area contributed by atoms with Crippen molar-refractivity contribution in [1.82, 2.24) is 0 Å². The molecule has 4 atom stereocenters. The molecule has 3 nitrogen and oxygen atoms in total. The quantitative estimate of drug-likeness (QED) is 0.387. The maximum Gasteiger partial charge on any atom is 0.138 e. The Bertz CT molecular complexity index is 368. The molecule has 1 aliphatic heterocycles. The van der Waals surface area contributed by atoms with Gasteiger partial charge in [-0.15, -0.1) is 0 Å². The molecule has 1 heterocycles.